The zero-order valence-electron chi connectivity index (χ0n) is 15.5. The van der Waals surface area contributed by atoms with Crippen molar-refractivity contribution in [2.75, 3.05) is 4.90 Å². The summed E-state index contributed by atoms with van der Waals surface area (Å²) in [5.74, 6) is -2.62. The Morgan fingerprint density at radius 2 is 1.93 bits per heavy atom. The van der Waals surface area contributed by atoms with Gasteiger partial charge in [-0.3, -0.25) is 14.9 Å². The van der Waals surface area contributed by atoms with Crippen molar-refractivity contribution < 1.29 is 23.2 Å². The molecule has 1 heterocycles. The summed E-state index contributed by atoms with van der Waals surface area (Å²) in [5.41, 5.74) is 0.707. The lowest BCUT2D eigenvalue weighted by atomic mass is 9.95. The number of carbonyl (C=O) groups excluding carboxylic acids is 1. The molecule has 2 aliphatic rings. The molecule has 1 atom stereocenters. The fourth-order valence-electron chi connectivity index (χ4n) is 3.60. The van der Waals surface area contributed by atoms with E-state index in [1.807, 2.05) is 13.0 Å². The van der Waals surface area contributed by atoms with Crippen LogP contribution in [0.1, 0.15) is 31.7 Å². The maximum Gasteiger partial charge on any atom is 0.314 e. The van der Waals surface area contributed by atoms with E-state index < -0.39 is 28.0 Å². The van der Waals surface area contributed by atoms with Gasteiger partial charge in [0, 0.05) is 23.6 Å². The van der Waals surface area contributed by atoms with Crippen LogP contribution in [0.2, 0.25) is 0 Å². The van der Waals surface area contributed by atoms with Crippen LogP contribution in [-0.4, -0.2) is 16.9 Å². The highest BCUT2D eigenvalue weighted by Gasteiger charge is 2.39. The Bertz CT molecular complexity index is 1030. The third-order valence-corrected chi connectivity index (χ3v) is 5.90. The first-order valence-corrected chi connectivity index (χ1v) is 10.0. The maximum atomic E-state index is 13.7. The third-order valence-electron chi connectivity index (χ3n) is 5.27. The molecule has 1 aliphatic heterocycles. The summed E-state index contributed by atoms with van der Waals surface area (Å²) in [7, 11) is 0. The lowest BCUT2D eigenvalue weighted by Crippen LogP contribution is -2.43. The van der Waals surface area contributed by atoms with E-state index in [1.54, 1.807) is 11.0 Å². The summed E-state index contributed by atoms with van der Waals surface area (Å²) in [6, 6.07) is 4.67. The topological polar surface area (TPSA) is 72.7 Å². The van der Waals surface area contributed by atoms with E-state index in [0.717, 1.165) is 12.8 Å². The molecule has 1 fully saturated rings. The Morgan fingerprint density at radius 1 is 1.24 bits per heavy atom. The van der Waals surface area contributed by atoms with Gasteiger partial charge in [0.1, 0.15) is 5.75 Å². The van der Waals surface area contributed by atoms with Crippen molar-refractivity contribution in [1.29, 1.82) is 0 Å². The number of halogens is 3. The van der Waals surface area contributed by atoms with E-state index in [2.05, 4.69) is 15.9 Å². The lowest BCUT2D eigenvalue weighted by Gasteiger charge is -2.36. The van der Waals surface area contributed by atoms with Gasteiger partial charge >= 0.3 is 5.69 Å². The number of anilines is 1. The molecule has 2 aromatic carbocycles. The van der Waals surface area contributed by atoms with Crippen molar-refractivity contribution in [2.24, 2.45) is 5.92 Å². The van der Waals surface area contributed by atoms with E-state index in [4.69, 9.17) is 4.74 Å². The van der Waals surface area contributed by atoms with Crippen LogP contribution < -0.4 is 9.64 Å². The van der Waals surface area contributed by atoms with Crippen molar-refractivity contribution >= 4 is 33.2 Å². The molecular weight excluding hydrogens is 450 g/mol. The van der Waals surface area contributed by atoms with Gasteiger partial charge in [-0.25, -0.2) is 8.78 Å². The van der Waals surface area contributed by atoms with Crippen LogP contribution in [0.4, 0.5) is 20.2 Å². The predicted octanol–water partition coefficient (Wildman–Crippen LogP) is 5.51. The highest BCUT2D eigenvalue weighted by Crippen LogP contribution is 2.46. The van der Waals surface area contributed by atoms with Gasteiger partial charge in [0.05, 0.1) is 21.1 Å². The first kappa shape index (κ1) is 19.8. The standard InChI is InChI=1S/C20H17BrF2N2O4/c1-10-2-5-12-16(24(10)20(26)11-3-4-11)7-6-13(21)19(12)29-18-9-15(23)14(22)8-17(18)25(27)28/h6-11H,2-5H2,1H3/t10-/m0/s1. The summed E-state index contributed by atoms with van der Waals surface area (Å²) >= 11 is 3.37. The summed E-state index contributed by atoms with van der Waals surface area (Å²) < 4.78 is 33.5. The number of rotatable bonds is 4. The predicted molar refractivity (Wildman–Crippen MR) is 105 cm³/mol. The van der Waals surface area contributed by atoms with Crippen molar-refractivity contribution in [3.8, 4) is 11.5 Å². The molecule has 0 aromatic heterocycles. The second-order valence-corrected chi connectivity index (χ2v) is 8.19. The molecule has 0 radical (unpaired) electrons. The van der Waals surface area contributed by atoms with Gasteiger partial charge in [-0.1, -0.05) is 0 Å². The zero-order valence-corrected chi connectivity index (χ0v) is 17.0. The van der Waals surface area contributed by atoms with Crippen LogP contribution >= 0.6 is 15.9 Å². The summed E-state index contributed by atoms with van der Waals surface area (Å²) in [5, 5.41) is 11.3. The molecule has 0 bridgehead atoms. The average molecular weight is 467 g/mol. The minimum atomic E-state index is -1.33. The molecule has 0 saturated heterocycles. The van der Waals surface area contributed by atoms with Crippen LogP contribution in [-0.2, 0) is 11.2 Å². The normalized spacial score (nSPS) is 18.3. The number of nitro groups is 1. The molecule has 1 aliphatic carbocycles. The molecule has 6 nitrogen and oxygen atoms in total. The van der Waals surface area contributed by atoms with Gasteiger partial charge in [-0.15, -0.1) is 0 Å². The monoisotopic (exact) mass is 466 g/mol. The van der Waals surface area contributed by atoms with E-state index >= 15 is 0 Å². The van der Waals surface area contributed by atoms with Gasteiger partial charge in [-0.2, -0.15) is 0 Å². The van der Waals surface area contributed by atoms with Gasteiger partial charge in [0.2, 0.25) is 11.7 Å². The molecule has 0 unspecified atom stereocenters. The number of nitro benzene ring substituents is 1. The van der Waals surface area contributed by atoms with E-state index in [-0.39, 0.29) is 23.6 Å². The Hall–Kier alpha value is -2.55. The van der Waals surface area contributed by atoms with Gasteiger partial charge in [0.25, 0.3) is 0 Å². The average Bonchev–Trinajstić information content (AvgIpc) is 3.51. The third kappa shape index (κ3) is 3.59. The molecule has 1 saturated carbocycles. The minimum absolute atomic E-state index is 0.0160. The van der Waals surface area contributed by atoms with E-state index in [9.17, 15) is 23.7 Å². The van der Waals surface area contributed by atoms with Crippen LogP contribution in [0.25, 0.3) is 0 Å². The Morgan fingerprint density at radius 3 is 2.59 bits per heavy atom. The number of fused-ring (bicyclic) bond motifs is 1. The Balaban J connectivity index is 1.80. The fraction of sp³-hybridized carbons (Fsp3) is 0.350. The largest absolute Gasteiger partial charge is 0.448 e. The number of ether oxygens (including phenoxy) is 1. The number of hydrogen-bond donors (Lipinski definition) is 0. The smallest absolute Gasteiger partial charge is 0.314 e. The fourth-order valence-corrected chi connectivity index (χ4v) is 4.05. The SMILES string of the molecule is C[C@H]1CCc2c(ccc(Br)c2Oc2cc(F)c(F)cc2[N+](=O)[O-])N1C(=O)C1CC1. The molecule has 0 N–H and O–H groups in total. The van der Waals surface area contributed by atoms with Gasteiger partial charge in [0.15, 0.2) is 11.6 Å². The van der Waals surface area contributed by atoms with E-state index in [1.165, 1.54) is 0 Å². The first-order chi connectivity index (χ1) is 13.8. The second-order valence-electron chi connectivity index (χ2n) is 7.34. The van der Waals surface area contributed by atoms with Crippen LogP contribution in [0.15, 0.2) is 28.7 Å². The zero-order chi connectivity index (χ0) is 20.9. The Labute approximate surface area is 173 Å². The lowest BCUT2D eigenvalue weighted by molar-refractivity contribution is -0.385. The molecule has 9 heteroatoms. The summed E-state index contributed by atoms with van der Waals surface area (Å²) in [6.07, 6.45) is 3.02. The van der Waals surface area contributed by atoms with Crippen molar-refractivity contribution in [2.45, 2.75) is 38.6 Å². The molecule has 4 rings (SSSR count). The van der Waals surface area contributed by atoms with Crippen molar-refractivity contribution in [3.63, 3.8) is 0 Å². The van der Waals surface area contributed by atoms with Gasteiger partial charge < -0.3 is 9.64 Å². The number of hydrogen-bond acceptors (Lipinski definition) is 4. The van der Waals surface area contributed by atoms with Crippen LogP contribution in [0, 0.1) is 27.7 Å². The van der Waals surface area contributed by atoms with Crippen LogP contribution in [0.5, 0.6) is 11.5 Å². The molecule has 1 amide bonds. The minimum Gasteiger partial charge on any atom is -0.448 e. The van der Waals surface area contributed by atoms with Crippen LogP contribution in [0.3, 0.4) is 0 Å². The van der Waals surface area contributed by atoms with Crippen molar-refractivity contribution in [1.82, 2.24) is 0 Å². The number of carbonyl (C=O) groups is 1. The maximum absolute atomic E-state index is 13.7. The highest BCUT2D eigenvalue weighted by atomic mass is 79.9. The number of nitrogens with zero attached hydrogens (tertiary/aromatic N) is 2. The summed E-state index contributed by atoms with van der Waals surface area (Å²) in [4.78, 5) is 25.0. The van der Waals surface area contributed by atoms with Crippen molar-refractivity contribution in [3.05, 3.63) is 56.1 Å². The quantitative estimate of drug-likeness (QED) is 0.440. The highest BCUT2D eigenvalue weighted by molar-refractivity contribution is 9.10. The molecule has 152 valence electrons. The molecule has 29 heavy (non-hydrogen) atoms. The number of amides is 1. The molecule has 2 aromatic rings. The first-order valence-electron chi connectivity index (χ1n) is 9.23. The van der Waals surface area contributed by atoms with E-state index in [0.29, 0.717) is 40.7 Å². The molecular formula is C20H17BrF2N2O4. The number of benzene rings is 2. The second kappa shape index (κ2) is 7.37. The molecule has 0 spiro atoms. The van der Waals surface area contributed by atoms with Gasteiger partial charge in [-0.05, 0) is 60.7 Å². The Kier molecular flexibility index (Phi) is 5.02. The summed E-state index contributed by atoms with van der Waals surface area (Å²) in [6.45, 7) is 1.98.